The quantitative estimate of drug-likeness (QED) is 0.0435. The predicted molar refractivity (Wildman–Crippen MR) is 141 cm³/mol. The van der Waals surface area contributed by atoms with Crippen molar-refractivity contribution in [2.45, 2.75) is 43.5 Å². The van der Waals surface area contributed by atoms with Gasteiger partial charge in [0.1, 0.15) is 11.7 Å². The van der Waals surface area contributed by atoms with Gasteiger partial charge in [-0.2, -0.15) is 4.73 Å². The first kappa shape index (κ1) is 30.2. The molecule has 226 valence electrons. The molecule has 4 amide bonds. The molecule has 21 heteroatoms. The Labute approximate surface area is 241 Å². The topological polar surface area (TPSA) is 288 Å². The van der Waals surface area contributed by atoms with E-state index in [0.29, 0.717) is 15.5 Å². The molecule has 3 heterocycles. The minimum Gasteiger partial charge on any atom is -0.503 e. The third-order valence-corrected chi connectivity index (χ3v) is 7.92. The molecule has 2 aromatic heterocycles. The van der Waals surface area contributed by atoms with Crippen LogP contribution in [0.15, 0.2) is 27.6 Å². The van der Waals surface area contributed by atoms with Crippen LogP contribution in [-0.2, 0) is 37.0 Å². The van der Waals surface area contributed by atoms with Crippen LogP contribution in [-0.4, -0.2) is 92.0 Å². The van der Waals surface area contributed by atoms with Gasteiger partial charge in [-0.05, 0) is 6.42 Å². The maximum Gasteiger partial charge on any atom is 0.350 e. The molecular weight excluding hydrogens is 604 g/mol. The number of aromatic nitrogens is 2. The number of carboxylic acid groups (broad SMARTS) is 1. The third kappa shape index (κ3) is 6.11. The second-order valence-corrected chi connectivity index (χ2v) is 10.8. The molecule has 3 atom stereocenters. The Bertz CT molecular complexity index is 1540. The molecule has 1 saturated carbocycles. The molecule has 19 nitrogen and oxygen atoms in total. The standard InChI is InChI=1S/C21H24N8O11S2/c22-19-25-10(8-41-19)14(27-40-21(18(34)35)2-1-3-21)16(32)26-15-11(29(17(15)33)42(38)39)6-24-20(36)23-5-9-4-12(30)13(31)7-28(9)37/h4,7-8,11,15,31,37H,1-3,5-6H2,(H2,22,25)(H,26,32)(H,34,35)(H,38,39)(H2,23,24,36)/b27-14-/t11-,15+/m1/s1. The Hall–Kier alpha value is -4.76. The normalized spacial score (nSPS) is 20.1. The highest BCUT2D eigenvalue weighted by atomic mass is 32.2. The second-order valence-electron chi connectivity index (χ2n) is 9.09. The number of thiazole rings is 1. The number of β-lactam (4-membered cyclic amide) rings is 1. The molecule has 1 saturated heterocycles. The predicted octanol–water partition coefficient (Wildman–Crippen LogP) is -2.11. The summed E-state index contributed by atoms with van der Waals surface area (Å²) in [5.74, 6) is -4.00. The van der Waals surface area contributed by atoms with Gasteiger partial charge in [0.25, 0.3) is 23.1 Å². The van der Waals surface area contributed by atoms with Crippen molar-refractivity contribution < 1.29 is 48.2 Å². The highest BCUT2D eigenvalue weighted by molar-refractivity contribution is 7.77. The molecule has 4 rings (SSSR count). The number of carboxylic acids is 1. The number of urea groups is 1. The van der Waals surface area contributed by atoms with Crippen LogP contribution in [0.4, 0.5) is 9.93 Å². The van der Waals surface area contributed by atoms with Crippen molar-refractivity contribution >= 4 is 57.3 Å². The van der Waals surface area contributed by atoms with E-state index >= 15 is 0 Å². The molecule has 9 N–H and O–H groups in total. The molecule has 0 spiro atoms. The lowest BCUT2D eigenvalue weighted by Gasteiger charge is -2.44. The van der Waals surface area contributed by atoms with Crippen LogP contribution >= 0.6 is 11.3 Å². The summed E-state index contributed by atoms with van der Waals surface area (Å²) in [7, 11) is 0. The van der Waals surface area contributed by atoms with E-state index in [4.69, 9.17) is 10.6 Å². The number of amides is 4. The second kappa shape index (κ2) is 12.0. The van der Waals surface area contributed by atoms with Crippen LogP contribution in [0.5, 0.6) is 5.75 Å². The van der Waals surface area contributed by atoms with Gasteiger partial charge in [0.2, 0.25) is 11.0 Å². The van der Waals surface area contributed by atoms with Crippen molar-refractivity contribution in [1.82, 2.24) is 30.0 Å². The zero-order chi connectivity index (χ0) is 30.8. The number of oxime groups is 1. The lowest BCUT2D eigenvalue weighted by atomic mass is 9.80. The molecule has 0 bridgehead atoms. The molecule has 1 aliphatic heterocycles. The minimum atomic E-state index is -2.81. The summed E-state index contributed by atoms with van der Waals surface area (Å²) in [6.07, 6.45) is 1.60. The number of nitrogens with two attached hydrogens (primary N) is 1. The van der Waals surface area contributed by atoms with E-state index in [1.54, 1.807) is 0 Å². The number of nitrogens with zero attached hydrogens (tertiary/aromatic N) is 4. The fourth-order valence-electron chi connectivity index (χ4n) is 3.97. The number of carbonyl (C=O) groups is 4. The third-order valence-electron chi connectivity index (χ3n) is 6.46. The lowest BCUT2D eigenvalue weighted by molar-refractivity contribution is -0.178. The monoisotopic (exact) mass is 628 g/mol. The van der Waals surface area contributed by atoms with E-state index in [-0.39, 0.29) is 35.9 Å². The maximum absolute atomic E-state index is 13.2. The van der Waals surface area contributed by atoms with Gasteiger partial charge >= 0.3 is 12.0 Å². The molecule has 2 fully saturated rings. The summed E-state index contributed by atoms with van der Waals surface area (Å²) in [6.45, 7) is -0.809. The van der Waals surface area contributed by atoms with Gasteiger partial charge in [-0.3, -0.25) is 18.9 Å². The molecule has 0 aromatic carbocycles. The first-order valence-corrected chi connectivity index (χ1v) is 13.9. The largest absolute Gasteiger partial charge is 0.503 e. The number of anilines is 1. The highest BCUT2D eigenvalue weighted by Crippen LogP contribution is 2.36. The minimum absolute atomic E-state index is 0.0576. The Morgan fingerprint density at radius 2 is 2.00 bits per heavy atom. The summed E-state index contributed by atoms with van der Waals surface area (Å²) in [5, 5.41) is 40.7. The van der Waals surface area contributed by atoms with Crippen LogP contribution in [0.1, 0.15) is 30.7 Å². The van der Waals surface area contributed by atoms with Gasteiger partial charge in [-0.15, -0.1) is 11.3 Å². The van der Waals surface area contributed by atoms with Crippen molar-refractivity contribution in [3.63, 3.8) is 0 Å². The number of carbonyl (C=O) groups excluding carboxylic acids is 3. The number of aromatic hydroxyl groups is 1. The summed E-state index contributed by atoms with van der Waals surface area (Å²) < 4.78 is 22.2. The lowest BCUT2D eigenvalue weighted by Crippen LogP contribution is -2.73. The van der Waals surface area contributed by atoms with Crippen molar-refractivity contribution in [3.8, 4) is 5.75 Å². The first-order valence-electron chi connectivity index (χ1n) is 11.9. The van der Waals surface area contributed by atoms with Crippen molar-refractivity contribution in [1.29, 1.82) is 0 Å². The Kier molecular flexibility index (Phi) is 8.63. The number of hydrogen-bond acceptors (Lipinski definition) is 13. The molecule has 1 aliphatic carbocycles. The van der Waals surface area contributed by atoms with Gasteiger partial charge in [0, 0.05) is 30.8 Å². The van der Waals surface area contributed by atoms with Gasteiger partial charge in [0.05, 0.1) is 24.5 Å². The molecule has 42 heavy (non-hydrogen) atoms. The van der Waals surface area contributed by atoms with E-state index < -0.39 is 76.2 Å². The Morgan fingerprint density at radius 3 is 2.57 bits per heavy atom. The summed E-state index contributed by atoms with van der Waals surface area (Å²) in [5.41, 5.74) is 2.55. The van der Waals surface area contributed by atoms with Gasteiger partial charge in [-0.1, -0.05) is 5.16 Å². The number of nitrogens with one attached hydrogen (secondary N) is 3. The van der Waals surface area contributed by atoms with Crippen LogP contribution in [0.25, 0.3) is 0 Å². The van der Waals surface area contributed by atoms with Crippen LogP contribution in [0, 0.1) is 0 Å². The van der Waals surface area contributed by atoms with Crippen LogP contribution in [0.2, 0.25) is 0 Å². The molecular formula is C21H24N8O11S2. The molecule has 2 aliphatic rings. The fraction of sp³-hybridized carbons (Fsp3) is 0.381. The summed E-state index contributed by atoms with van der Waals surface area (Å²) in [4.78, 5) is 70.4. The van der Waals surface area contributed by atoms with Crippen LogP contribution in [0.3, 0.4) is 0 Å². The van der Waals surface area contributed by atoms with Crippen molar-refractivity contribution in [3.05, 3.63) is 39.3 Å². The van der Waals surface area contributed by atoms with E-state index in [1.165, 1.54) is 5.38 Å². The average Bonchev–Trinajstić information content (AvgIpc) is 3.32. The summed E-state index contributed by atoms with van der Waals surface area (Å²) >= 11 is -1.86. The highest BCUT2D eigenvalue weighted by Gasteiger charge is 2.52. The van der Waals surface area contributed by atoms with E-state index in [2.05, 4.69) is 26.1 Å². The maximum atomic E-state index is 13.2. The first-order chi connectivity index (χ1) is 19.8. The van der Waals surface area contributed by atoms with Crippen molar-refractivity contribution in [2.24, 2.45) is 5.16 Å². The van der Waals surface area contributed by atoms with Crippen LogP contribution < -0.4 is 27.1 Å². The molecule has 2 aromatic rings. The fourth-order valence-corrected chi connectivity index (χ4v) is 5.22. The Balaban J connectivity index is 1.44. The number of rotatable bonds is 11. The number of pyridine rings is 1. The Morgan fingerprint density at radius 1 is 1.29 bits per heavy atom. The van der Waals surface area contributed by atoms with E-state index in [9.17, 15) is 48.2 Å². The van der Waals surface area contributed by atoms with Gasteiger partial charge in [0.15, 0.2) is 16.6 Å². The average molecular weight is 629 g/mol. The number of hydrogen-bond donors (Lipinski definition) is 8. The van der Waals surface area contributed by atoms with E-state index in [0.717, 1.165) is 23.6 Å². The van der Waals surface area contributed by atoms with Gasteiger partial charge in [-0.25, -0.2) is 23.1 Å². The number of aliphatic carboxylic acids is 1. The number of nitrogen functional groups attached to an aromatic ring is 1. The molecule has 1 unspecified atom stereocenters. The zero-order valence-electron chi connectivity index (χ0n) is 21.3. The smallest absolute Gasteiger partial charge is 0.350 e. The molecule has 0 radical (unpaired) electrons. The van der Waals surface area contributed by atoms with E-state index in [1.807, 2.05) is 0 Å². The zero-order valence-corrected chi connectivity index (χ0v) is 22.9. The van der Waals surface area contributed by atoms with Gasteiger partial charge < -0.3 is 41.9 Å². The SMILES string of the molecule is Nc1nc(/C(=N/OC2(C(=O)O)CCC2)C(=O)N[C@@H]2C(=O)N(S(=O)O)[C@@H]2CNC(=O)NCc2cc(=O)c(O)cn2O)cs1. The summed E-state index contributed by atoms with van der Waals surface area (Å²) in [6, 6.07) is -2.64. The van der Waals surface area contributed by atoms with Crippen molar-refractivity contribution in [2.75, 3.05) is 12.3 Å².